The highest BCUT2D eigenvalue weighted by Gasteiger charge is 2.55. The highest BCUT2D eigenvalue weighted by molar-refractivity contribution is 7.90. The second-order valence-electron chi connectivity index (χ2n) is 8.75. The molecule has 0 aromatic heterocycles. The van der Waals surface area contributed by atoms with Crippen LogP contribution in [0.1, 0.15) is 38.5 Å². The molecule has 9 heteroatoms. The Kier molecular flexibility index (Phi) is 3.97. The maximum Gasteiger partial charge on any atom is 0.265 e. The lowest BCUT2D eigenvalue weighted by Crippen LogP contribution is -2.54. The molecule has 28 heavy (non-hydrogen) atoms. The van der Waals surface area contributed by atoms with Crippen molar-refractivity contribution in [3.63, 3.8) is 0 Å². The van der Waals surface area contributed by atoms with Crippen molar-refractivity contribution in [1.82, 2.24) is 4.72 Å². The Hall–Kier alpha value is -1.80. The van der Waals surface area contributed by atoms with Crippen LogP contribution in [0.5, 0.6) is 5.75 Å². The van der Waals surface area contributed by atoms with Gasteiger partial charge in [-0.05, 0) is 62.3 Å². The van der Waals surface area contributed by atoms with Crippen molar-refractivity contribution in [3.05, 3.63) is 17.2 Å². The summed E-state index contributed by atoms with van der Waals surface area (Å²) >= 11 is 6.16. The van der Waals surface area contributed by atoms with Crippen LogP contribution in [0.4, 0.5) is 5.69 Å². The molecule has 1 aromatic carbocycles. The zero-order valence-corrected chi connectivity index (χ0v) is 16.7. The van der Waals surface area contributed by atoms with Crippen molar-refractivity contribution in [1.29, 1.82) is 0 Å². The van der Waals surface area contributed by atoms with Gasteiger partial charge in [0.1, 0.15) is 10.6 Å². The van der Waals surface area contributed by atoms with E-state index in [4.69, 9.17) is 16.3 Å². The van der Waals surface area contributed by atoms with Gasteiger partial charge in [0.05, 0.1) is 16.1 Å². The van der Waals surface area contributed by atoms with E-state index in [1.807, 2.05) is 0 Å². The Labute approximate surface area is 168 Å². The maximum atomic E-state index is 13.1. The minimum atomic E-state index is -4.15. The normalized spacial score (nSPS) is 33.0. The third kappa shape index (κ3) is 2.88. The van der Waals surface area contributed by atoms with E-state index in [9.17, 15) is 18.0 Å². The van der Waals surface area contributed by atoms with Crippen LogP contribution >= 0.6 is 11.6 Å². The van der Waals surface area contributed by atoms with E-state index in [1.54, 1.807) is 0 Å². The average molecular weight is 425 g/mol. The van der Waals surface area contributed by atoms with Crippen LogP contribution in [0.3, 0.4) is 0 Å². The third-order valence-corrected chi connectivity index (χ3v) is 8.50. The molecule has 6 rings (SSSR count). The number of benzene rings is 1. The first-order valence-electron chi connectivity index (χ1n) is 9.57. The molecule has 4 fully saturated rings. The number of nitrogens with one attached hydrogen (secondary N) is 2. The Morgan fingerprint density at radius 2 is 1.75 bits per heavy atom. The zero-order chi connectivity index (χ0) is 19.7. The van der Waals surface area contributed by atoms with Crippen molar-refractivity contribution in [2.75, 3.05) is 11.9 Å². The van der Waals surface area contributed by atoms with Crippen LogP contribution in [-0.4, -0.2) is 26.8 Å². The Balaban J connectivity index is 1.42. The number of anilines is 1. The lowest BCUT2D eigenvalue weighted by molar-refractivity contribution is -0.144. The van der Waals surface area contributed by atoms with Gasteiger partial charge in [-0.1, -0.05) is 11.6 Å². The molecule has 4 aliphatic carbocycles. The molecule has 0 spiro atoms. The molecule has 1 aliphatic heterocycles. The van der Waals surface area contributed by atoms with E-state index in [-0.39, 0.29) is 28.2 Å². The average Bonchev–Trinajstić information content (AvgIpc) is 2.59. The van der Waals surface area contributed by atoms with Gasteiger partial charge in [-0.3, -0.25) is 9.59 Å². The molecule has 4 bridgehead atoms. The van der Waals surface area contributed by atoms with Gasteiger partial charge in [-0.25, -0.2) is 13.1 Å². The number of halogens is 1. The molecule has 0 saturated heterocycles. The van der Waals surface area contributed by atoms with Crippen molar-refractivity contribution in [2.45, 2.75) is 43.4 Å². The third-order valence-electron chi connectivity index (χ3n) is 6.70. The highest BCUT2D eigenvalue weighted by Crippen LogP contribution is 2.60. The number of carbonyl (C=O) groups is 2. The summed E-state index contributed by atoms with van der Waals surface area (Å²) in [6, 6.07) is 2.59. The van der Waals surface area contributed by atoms with Crippen molar-refractivity contribution >= 4 is 39.1 Å². The standard InChI is InChI=1S/C19H21ClN2O5S/c20-13-4-14-15(27-9-17(23)21-14)5-16(13)28(25,26)22-18(24)19-6-10-1-11(7-19)3-12(2-10)8-19/h4-5,10-12H,1-3,6-9H2,(H,21,23)(H,22,24). The maximum absolute atomic E-state index is 13.1. The number of sulfonamides is 1. The minimum absolute atomic E-state index is 0.0737. The SMILES string of the molecule is O=C1COc2cc(S(=O)(=O)NC(=O)C34CC5CC(CC(C5)C3)C4)c(Cl)cc2N1. The number of rotatable bonds is 3. The molecule has 7 nitrogen and oxygen atoms in total. The summed E-state index contributed by atoms with van der Waals surface area (Å²) in [5.74, 6) is 1.06. The van der Waals surface area contributed by atoms with E-state index in [0.29, 0.717) is 23.4 Å². The monoisotopic (exact) mass is 424 g/mol. The molecule has 4 saturated carbocycles. The second kappa shape index (κ2) is 6.10. The van der Waals surface area contributed by atoms with Crippen LogP contribution < -0.4 is 14.8 Å². The predicted octanol–water partition coefficient (Wildman–Crippen LogP) is 2.69. The molecule has 1 heterocycles. The molecule has 2 amide bonds. The van der Waals surface area contributed by atoms with E-state index >= 15 is 0 Å². The largest absolute Gasteiger partial charge is 0.482 e. The zero-order valence-electron chi connectivity index (χ0n) is 15.2. The molecule has 2 N–H and O–H groups in total. The Morgan fingerprint density at radius 1 is 1.14 bits per heavy atom. The summed E-state index contributed by atoms with van der Waals surface area (Å²) in [7, 11) is -4.15. The minimum Gasteiger partial charge on any atom is -0.482 e. The molecule has 5 aliphatic rings. The first-order valence-corrected chi connectivity index (χ1v) is 11.4. The van der Waals surface area contributed by atoms with Gasteiger partial charge in [-0.15, -0.1) is 0 Å². The summed E-state index contributed by atoms with van der Waals surface area (Å²) in [5.41, 5.74) is -0.264. The Bertz CT molecular complexity index is 955. The summed E-state index contributed by atoms with van der Waals surface area (Å²) < 4.78 is 33.5. The first kappa shape index (κ1) is 18.2. The Morgan fingerprint density at radius 3 is 2.36 bits per heavy atom. The lowest BCUT2D eigenvalue weighted by Gasteiger charge is -2.55. The van der Waals surface area contributed by atoms with Crippen LogP contribution in [0, 0.1) is 23.2 Å². The van der Waals surface area contributed by atoms with Gasteiger partial charge < -0.3 is 10.1 Å². The molecule has 0 atom stereocenters. The van der Waals surface area contributed by atoms with Crippen LogP contribution in [0.15, 0.2) is 17.0 Å². The van der Waals surface area contributed by atoms with E-state index < -0.39 is 21.3 Å². The van der Waals surface area contributed by atoms with Gasteiger partial charge in [-0.2, -0.15) is 0 Å². The summed E-state index contributed by atoms with van der Waals surface area (Å²) in [6.07, 6.45) is 5.81. The summed E-state index contributed by atoms with van der Waals surface area (Å²) in [4.78, 5) is 24.3. The highest BCUT2D eigenvalue weighted by atomic mass is 35.5. The van der Waals surface area contributed by atoms with Gasteiger partial charge in [0.2, 0.25) is 5.91 Å². The fourth-order valence-electron chi connectivity index (χ4n) is 5.96. The number of hydrogen-bond acceptors (Lipinski definition) is 5. The number of ether oxygens (including phenoxy) is 1. The number of hydrogen-bond donors (Lipinski definition) is 2. The van der Waals surface area contributed by atoms with Crippen LogP contribution in [0.2, 0.25) is 5.02 Å². The summed E-state index contributed by atoms with van der Waals surface area (Å²) in [5, 5.41) is 2.50. The van der Waals surface area contributed by atoms with E-state index in [0.717, 1.165) is 38.5 Å². The molecule has 1 aromatic rings. The molecule has 150 valence electrons. The van der Waals surface area contributed by atoms with Crippen molar-refractivity contribution in [3.8, 4) is 5.75 Å². The van der Waals surface area contributed by atoms with Crippen LogP contribution in [0.25, 0.3) is 0 Å². The topological polar surface area (TPSA) is 102 Å². The number of amides is 2. The second-order valence-corrected chi connectivity index (χ2v) is 10.8. The molecule has 0 radical (unpaired) electrons. The van der Waals surface area contributed by atoms with Crippen molar-refractivity contribution in [2.24, 2.45) is 23.2 Å². The fourth-order valence-corrected chi connectivity index (χ4v) is 7.58. The molecular weight excluding hydrogens is 404 g/mol. The number of carbonyl (C=O) groups excluding carboxylic acids is 2. The summed E-state index contributed by atoms with van der Waals surface area (Å²) in [6.45, 7) is -0.201. The lowest BCUT2D eigenvalue weighted by atomic mass is 9.49. The predicted molar refractivity (Wildman–Crippen MR) is 102 cm³/mol. The molecule has 0 unspecified atom stereocenters. The first-order chi connectivity index (χ1) is 13.2. The van der Waals surface area contributed by atoms with Crippen LogP contribution in [-0.2, 0) is 19.6 Å². The van der Waals surface area contributed by atoms with Gasteiger partial charge in [0.25, 0.3) is 15.9 Å². The number of fused-ring (bicyclic) bond motifs is 1. The quantitative estimate of drug-likeness (QED) is 0.776. The van der Waals surface area contributed by atoms with Gasteiger partial charge in [0.15, 0.2) is 6.61 Å². The molecular formula is C19H21ClN2O5S. The van der Waals surface area contributed by atoms with Gasteiger partial charge in [0, 0.05) is 6.07 Å². The van der Waals surface area contributed by atoms with E-state index in [1.165, 1.54) is 12.1 Å². The fraction of sp³-hybridized carbons (Fsp3) is 0.579. The van der Waals surface area contributed by atoms with Crippen molar-refractivity contribution < 1.29 is 22.7 Å². The van der Waals surface area contributed by atoms with E-state index in [2.05, 4.69) is 10.0 Å². The smallest absolute Gasteiger partial charge is 0.265 e. The van der Waals surface area contributed by atoms with Gasteiger partial charge >= 0.3 is 0 Å².